The standard InChI is InChI=1S/C27H29F9N8O2/c1-11-18(27(34,35)36)12(8-16(37)40-11)20-19(28)21-17-22(39-7-6-38-5-4-15(26(31,32)33)46-23(17)41-20)43-24(42-21)45-10-14-13(9-44(14)3)25(2,29)30/h8,13-15,38H,4-7,9-10H2,1-3H3,(H2,37,40)(H,39,42,43). The Morgan fingerprint density at radius 2 is 1.76 bits per heavy atom. The first-order valence-corrected chi connectivity index (χ1v) is 14.0. The fourth-order valence-corrected chi connectivity index (χ4v) is 5.51. The van der Waals surface area contributed by atoms with Crippen LogP contribution in [-0.2, 0) is 6.18 Å². The number of aryl methyl sites for hydroxylation is 1. The topological polar surface area (TPSA) is 123 Å². The number of hydrogen-bond acceptors (Lipinski definition) is 10. The van der Waals surface area contributed by atoms with Gasteiger partial charge in [0.1, 0.15) is 34.8 Å². The van der Waals surface area contributed by atoms with Crippen LogP contribution in [0.4, 0.5) is 51.1 Å². The number of anilines is 2. The van der Waals surface area contributed by atoms with E-state index in [0.717, 1.165) is 13.8 Å². The molecule has 0 spiro atoms. The van der Waals surface area contributed by atoms with Crippen LogP contribution in [0.2, 0.25) is 0 Å². The quantitative estimate of drug-likeness (QED) is 0.327. The average molecular weight is 669 g/mol. The van der Waals surface area contributed by atoms with Crippen molar-refractivity contribution in [1.82, 2.24) is 30.2 Å². The molecule has 0 aromatic carbocycles. The lowest BCUT2D eigenvalue weighted by molar-refractivity contribution is -0.196. The zero-order chi connectivity index (χ0) is 33.8. The van der Waals surface area contributed by atoms with Gasteiger partial charge in [0.15, 0.2) is 11.9 Å². The smallest absolute Gasteiger partial charge is 0.425 e. The molecule has 10 nitrogen and oxygen atoms in total. The summed E-state index contributed by atoms with van der Waals surface area (Å²) >= 11 is 0. The number of likely N-dealkylation sites (N-methyl/N-ethyl adjacent to an activating group) is 1. The lowest BCUT2D eigenvalue weighted by Crippen LogP contribution is -2.62. The molecule has 0 saturated carbocycles. The zero-order valence-electron chi connectivity index (χ0n) is 24.6. The Morgan fingerprint density at radius 1 is 1.04 bits per heavy atom. The first-order valence-electron chi connectivity index (χ1n) is 14.0. The molecule has 1 saturated heterocycles. The maximum absolute atomic E-state index is 16.4. The van der Waals surface area contributed by atoms with E-state index < -0.39 is 99.7 Å². The fourth-order valence-electron chi connectivity index (χ4n) is 5.51. The predicted molar refractivity (Wildman–Crippen MR) is 147 cm³/mol. The van der Waals surface area contributed by atoms with Crippen molar-refractivity contribution in [1.29, 1.82) is 0 Å². The Balaban J connectivity index is 1.73. The fraction of sp³-hybridized carbons (Fsp3) is 0.556. The Morgan fingerprint density at radius 3 is 2.39 bits per heavy atom. The molecule has 3 atom stereocenters. The highest BCUT2D eigenvalue weighted by molar-refractivity contribution is 5.96. The number of nitrogens with two attached hydrogens (primary N) is 1. The highest BCUT2D eigenvalue weighted by atomic mass is 19.4. The Hall–Kier alpha value is -3.87. The molecule has 46 heavy (non-hydrogen) atoms. The van der Waals surface area contributed by atoms with Crippen LogP contribution in [0.15, 0.2) is 6.07 Å². The van der Waals surface area contributed by atoms with Crippen molar-refractivity contribution in [2.45, 2.75) is 50.7 Å². The minimum absolute atomic E-state index is 0.0405. The molecule has 4 N–H and O–H groups in total. The highest BCUT2D eigenvalue weighted by Gasteiger charge is 2.50. The third kappa shape index (κ3) is 6.65. The number of nitrogen functional groups attached to an aromatic ring is 1. The number of hydrogen-bond donors (Lipinski definition) is 3. The van der Waals surface area contributed by atoms with Crippen LogP contribution in [0, 0.1) is 18.7 Å². The first kappa shape index (κ1) is 33.5. The number of rotatable bonds is 5. The molecule has 0 bridgehead atoms. The van der Waals surface area contributed by atoms with Crippen LogP contribution >= 0.6 is 0 Å². The molecular formula is C27H29F9N8O2. The molecule has 252 valence electrons. The Labute approximate surface area is 255 Å². The van der Waals surface area contributed by atoms with E-state index >= 15 is 4.39 Å². The van der Waals surface area contributed by atoms with E-state index in [1.807, 2.05) is 0 Å². The van der Waals surface area contributed by atoms with Gasteiger partial charge in [0, 0.05) is 31.6 Å². The first-order chi connectivity index (χ1) is 21.4. The molecule has 0 radical (unpaired) electrons. The molecule has 0 aliphatic carbocycles. The number of likely N-dealkylation sites (tertiary alicyclic amines) is 1. The average Bonchev–Trinajstić information content (AvgIpc) is 2.95. The Bertz CT molecular complexity index is 1610. The number of pyridine rings is 2. The van der Waals surface area contributed by atoms with Gasteiger partial charge in [0.25, 0.3) is 5.92 Å². The van der Waals surface area contributed by atoms with E-state index in [2.05, 4.69) is 30.6 Å². The number of alkyl halides is 8. The molecule has 5 rings (SSSR count). The molecule has 2 aliphatic heterocycles. The number of aromatic nitrogens is 4. The van der Waals surface area contributed by atoms with Crippen molar-refractivity contribution < 1.29 is 49.0 Å². The lowest BCUT2D eigenvalue weighted by Gasteiger charge is -2.47. The number of halogens is 9. The van der Waals surface area contributed by atoms with Crippen LogP contribution in [0.5, 0.6) is 11.9 Å². The number of nitrogens with one attached hydrogen (secondary N) is 2. The normalized spacial score (nSPS) is 21.6. The van der Waals surface area contributed by atoms with E-state index in [4.69, 9.17) is 15.2 Å². The second kappa shape index (κ2) is 12.1. The summed E-state index contributed by atoms with van der Waals surface area (Å²) in [6.45, 7) is 1.41. The van der Waals surface area contributed by atoms with Gasteiger partial charge in [0.2, 0.25) is 5.88 Å². The maximum atomic E-state index is 16.4. The van der Waals surface area contributed by atoms with Gasteiger partial charge in [-0.15, -0.1) is 0 Å². The summed E-state index contributed by atoms with van der Waals surface area (Å²) in [6, 6.07) is -0.687. The SMILES string of the molecule is Cc1nc(N)cc(-c2nc3c4c(nc(OCC5C(C(C)(F)F)CN5C)nc4c2F)NCCNCCC(C(F)(F)F)O3)c1C(F)(F)F. The molecule has 3 unspecified atom stereocenters. The second-order valence-electron chi connectivity index (χ2n) is 11.2. The van der Waals surface area contributed by atoms with Gasteiger partial charge >= 0.3 is 18.4 Å². The van der Waals surface area contributed by atoms with E-state index in [-0.39, 0.29) is 38.6 Å². The number of nitrogens with zero attached hydrogens (tertiary/aromatic N) is 5. The highest BCUT2D eigenvalue weighted by Crippen LogP contribution is 2.44. The summed E-state index contributed by atoms with van der Waals surface area (Å²) < 4.78 is 140. The van der Waals surface area contributed by atoms with Gasteiger partial charge in [0.05, 0.1) is 23.2 Å². The van der Waals surface area contributed by atoms with Crippen LogP contribution in [0.25, 0.3) is 22.2 Å². The summed E-state index contributed by atoms with van der Waals surface area (Å²) in [5.41, 5.74) is 0.838. The predicted octanol–water partition coefficient (Wildman–Crippen LogP) is 4.81. The van der Waals surface area contributed by atoms with Crippen molar-refractivity contribution in [2.24, 2.45) is 5.92 Å². The van der Waals surface area contributed by atoms with Gasteiger partial charge in [-0.3, -0.25) is 4.90 Å². The van der Waals surface area contributed by atoms with E-state index in [1.54, 1.807) is 11.9 Å². The van der Waals surface area contributed by atoms with Crippen molar-refractivity contribution in [3.8, 4) is 23.1 Å². The van der Waals surface area contributed by atoms with Gasteiger partial charge in [-0.1, -0.05) is 0 Å². The zero-order valence-corrected chi connectivity index (χ0v) is 24.6. The monoisotopic (exact) mass is 668 g/mol. The molecule has 3 aromatic rings. The molecular weight excluding hydrogens is 639 g/mol. The van der Waals surface area contributed by atoms with Crippen molar-refractivity contribution in [3.63, 3.8) is 0 Å². The van der Waals surface area contributed by atoms with Crippen molar-refractivity contribution >= 4 is 22.5 Å². The molecule has 2 aliphatic rings. The molecule has 1 fully saturated rings. The molecule has 19 heteroatoms. The minimum Gasteiger partial charge on any atom is -0.464 e. The summed E-state index contributed by atoms with van der Waals surface area (Å²) in [5, 5.41) is 5.10. The van der Waals surface area contributed by atoms with Gasteiger partial charge in [-0.2, -0.15) is 36.3 Å². The minimum atomic E-state index is -5.11. The third-order valence-corrected chi connectivity index (χ3v) is 7.84. The van der Waals surface area contributed by atoms with Crippen LogP contribution in [0.1, 0.15) is 24.6 Å². The van der Waals surface area contributed by atoms with Gasteiger partial charge < -0.3 is 25.8 Å². The van der Waals surface area contributed by atoms with Crippen molar-refractivity contribution in [3.05, 3.63) is 23.1 Å². The van der Waals surface area contributed by atoms with Gasteiger partial charge in [-0.05, 0) is 33.5 Å². The molecule has 0 amide bonds. The molecule has 5 heterocycles. The second-order valence-corrected chi connectivity index (χ2v) is 11.2. The summed E-state index contributed by atoms with van der Waals surface area (Å²) in [7, 11) is 1.58. The van der Waals surface area contributed by atoms with Crippen molar-refractivity contribution in [2.75, 3.05) is 50.9 Å². The van der Waals surface area contributed by atoms with E-state index in [1.165, 1.54) is 0 Å². The summed E-state index contributed by atoms with van der Waals surface area (Å²) in [5.74, 6) is -7.28. The summed E-state index contributed by atoms with van der Waals surface area (Å²) in [4.78, 5) is 17.2. The van der Waals surface area contributed by atoms with Crippen LogP contribution in [0.3, 0.4) is 0 Å². The largest absolute Gasteiger partial charge is 0.464 e. The van der Waals surface area contributed by atoms with E-state index in [9.17, 15) is 35.1 Å². The van der Waals surface area contributed by atoms with Gasteiger partial charge in [-0.25, -0.2) is 23.1 Å². The van der Waals surface area contributed by atoms with Crippen LogP contribution in [-0.4, -0.2) is 88.9 Å². The number of ether oxygens (including phenoxy) is 2. The Kier molecular flexibility index (Phi) is 8.78. The van der Waals surface area contributed by atoms with E-state index in [0.29, 0.717) is 6.07 Å². The maximum Gasteiger partial charge on any atom is 0.425 e. The molecule has 3 aromatic heterocycles. The summed E-state index contributed by atoms with van der Waals surface area (Å²) in [6.07, 6.45) is -13.2. The third-order valence-electron chi connectivity index (χ3n) is 7.84. The van der Waals surface area contributed by atoms with Crippen LogP contribution < -0.4 is 25.8 Å². The lowest BCUT2D eigenvalue weighted by atomic mass is 9.85.